The Kier molecular flexibility index (Phi) is 11.9. The van der Waals surface area contributed by atoms with E-state index in [2.05, 4.69) is 14.6 Å². The molecule has 0 bridgehead atoms. The normalized spacial score (nSPS) is 13.0. The van der Waals surface area contributed by atoms with Crippen LogP contribution in [0.15, 0.2) is 77.6 Å². The van der Waals surface area contributed by atoms with Gasteiger partial charge in [-0.2, -0.15) is 18.2 Å². The number of rotatable bonds is 14. The number of aryl methyl sites for hydroxylation is 2. The SMILES string of the molecule is CCN(CC)CCN(Cc1ccc(-c2ccc(C(F)(F)F)cc2)cc1)C(=O)Cn1c(CCc2ccc(OC(F)(F)F)cc2)nc(=O)c2c1CCC2. The summed E-state index contributed by atoms with van der Waals surface area (Å²) < 4.78 is 82.7. The summed E-state index contributed by atoms with van der Waals surface area (Å²) in [5.74, 6) is -0.0546. The zero-order valence-corrected chi connectivity index (χ0v) is 28.5. The van der Waals surface area contributed by atoms with Crippen molar-refractivity contribution in [2.45, 2.75) is 71.6 Å². The van der Waals surface area contributed by atoms with E-state index < -0.39 is 18.1 Å². The number of ether oxygens (including phenoxy) is 1. The van der Waals surface area contributed by atoms with Crippen LogP contribution in [0.25, 0.3) is 11.1 Å². The fourth-order valence-electron chi connectivity index (χ4n) is 6.35. The summed E-state index contributed by atoms with van der Waals surface area (Å²) in [5, 5.41) is 0. The van der Waals surface area contributed by atoms with Crippen molar-refractivity contribution in [2.24, 2.45) is 0 Å². The number of carbonyl (C=O) groups excluding carboxylic acids is 1. The van der Waals surface area contributed by atoms with E-state index in [4.69, 9.17) is 0 Å². The Balaban J connectivity index is 1.36. The van der Waals surface area contributed by atoms with Crippen LogP contribution in [-0.2, 0) is 49.7 Å². The molecule has 0 atom stereocenters. The molecule has 1 aromatic heterocycles. The van der Waals surface area contributed by atoms with E-state index in [1.165, 1.54) is 36.4 Å². The molecule has 51 heavy (non-hydrogen) atoms. The third-order valence-electron chi connectivity index (χ3n) is 9.21. The van der Waals surface area contributed by atoms with E-state index in [1.54, 1.807) is 4.90 Å². The highest BCUT2D eigenvalue weighted by Gasteiger charge is 2.31. The molecule has 272 valence electrons. The van der Waals surface area contributed by atoms with Crippen molar-refractivity contribution < 1.29 is 35.9 Å². The second kappa shape index (κ2) is 16.1. The Morgan fingerprint density at radius 1 is 0.804 bits per heavy atom. The van der Waals surface area contributed by atoms with Crippen molar-refractivity contribution in [3.8, 4) is 16.9 Å². The fourth-order valence-corrected chi connectivity index (χ4v) is 6.35. The Hall–Kier alpha value is -4.65. The molecule has 1 aliphatic carbocycles. The molecule has 1 amide bonds. The van der Waals surface area contributed by atoms with Gasteiger partial charge in [0.25, 0.3) is 5.56 Å². The monoisotopic (exact) mass is 714 g/mol. The average Bonchev–Trinajstić information content (AvgIpc) is 3.60. The number of aromatic nitrogens is 2. The van der Waals surface area contributed by atoms with Crippen LogP contribution >= 0.6 is 0 Å². The number of hydrogen-bond donors (Lipinski definition) is 0. The molecule has 1 aliphatic rings. The molecular formula is C38H40F6N4O3. The zero-order valence-electron chi connectivity index (χ0n) is 28.5. The van der Waals surface area contributed by atoms with Crippen LogP contribution in [0.2, 0.25) is 0 Å². The van der Waals surface area contributed by atoms with Gasteiger partial charge in [-0.05, 0) is 85.3 Å². The minimum Gasteiger partial charge on any atom is -0.406 e. The highest BCUT2D eigenvalue weighted by molar-refractivity contribution is 5.76. The molecule has 0 radical (unpaired) electrons. The van der Waals surface area contributed by atoms with Crippen molar-refractivity contribution >= 4 is 5.91 Å². The van der Waals surface area contributed by atoms with Gasteiger partial charge in [0.2, 0.25) is 5.91 Å². The third-order valence-corrected chi connectivity index (χ3v) is 9.21. The van der Waals surface area contributed by atoms with Crippen molar-refractivity contribution in [1.29, 1.82) is 0 Å². The first kappa shape index (κ1) is 37.6. The summed E-state index contributed by atoms with van der Waals surface area (Å²) in [7, 11) is 0. The first-order valence-corrected chi connectivity index (χ1v) is 17.0. The number of carbonyl (C=O) groups is 1. The third kappa shape index (κ3) is 9.99. The van der Waals surface area contributed by atoms with Gasteiger partial charge in [-0.25, -0.2) is 0 Å². The summed E-state index contributed by atoms with van der Waals surface area (Å²) in [6.45, 7) is 7.07. The molecule has 0 fully saturated rings. The Labute approximate surface area is 292 Å². The maximum Gasteiger partial charge on any atom is 0.573 e. The van der Waals surface area contributed by atoms with Gasteiger partial charge in [0.1, 0.15) is 18.1 Å². The predicted molar refractivity (Wildman–Crippen MR) is 181 cm³/mol. The number of nitrogens with zero attached hydrogens (tertiary/aromatic N) is 4. The first-order valence-electron chi connectivity index (χ1n) is 17.0. The van der Waals surface area contributed by atoms with Crippen molar-refractivity contribution in [3.63, 3.8) is 0 Å². The topological polar surface area (TPSA) is 67.7 Å². The number of likely N-dealkylation sites (N-methyl/N-ethyl adjacent to an activating group) is 1. The van der Waals surface area contributed by atoms with Crippen LogP contribution in [0.1, 0.15) is 54.0 Å². The van der Waals surface area contributed by atoms with Gasteiger partial charge in [-0.1, -0.05) is 62.4 Å². The quantitative estimate of drug-likeness (QED) is 0.127. The van der Waals surface area contributed by atoms with E-state index in [-0.39, 0.29) is 23.8 Å². The van der Waals surface area contributed by atoms with Crippen LogP contribution in [0, 0.1) is 0 Å². The van der Waals surface area contributed by atoms with Crippen LogP contribution in [0.3, 0.4) is 0 Å². The molecule has 0 spiro atoms. The average molecular weight is 715 g/mol. The molecule has 3 aromatic carbocycles. The summed E-state index contributed by atoms with van der Waals surface area (Å²) in [4.78, 5) is 35.5. The second-order valence-corrected chi connectivity index (χ2v) is 12.5. The molecule has 4 aromatic rings. The highest BCUT2D eigenvalue weighted by Crippen LogP contribution is 2.31. The minimum absolute atomic E-state index is 0.0365. The van der Waals surface area contributed by atoms with Crippen molar-refractivity contribution in [1.82, 2.24) is 19.4 Å². The Bertz CT molecular complexity index is 1830. The molecule has 5 rings (SSSR count). The lowest BCUT2D eigenvalue weighted by molar-refractivity contribution is -0.274. The summed E-state index contributed by atoms with van der Waals surface area (Å²) in [6, 6.07) is 17.9. The van der Waals surface area contributed by atoms with Crippen molar-refractivity contribution in [2.75, 3.05) is 26.2 Å². The van der Waals surface area contributed by atoms with Gasteiger partial charge in [0.05, 0.1) is 5.56 Å². The number of hydrogen-bond acceptors (Lipinski definition) is 5. The summed E-state index contributed by atoms with van der Waals surface area (Å²) >= 11 is 0. The van der Waals surface area contributed by atoms with Crippen LogP contribution in [0.4, 0.5) is 26.3 Å². The smallest absolute Gasteiger partial charge is 0.406 e. The highest BCUT2D eigenvalue weighted by atomic mass is 19.4. The van der Waals surface area contributed by atoms with Gasteiger partial charge in [-0.3, -0.25) is 9.59 Å². The molecule has 0 saturated heterocycles. The molecule has 0 saturated carbocycles. The zero-order chi connectivity index (χ0) is 36.8. The van der Waals surface area contributed by atoms with Gasteiger partial charge in [0, 0.05) is 37.3 Å². The fraction of sp³-hybridized carbons (Fsp3) is 0.395. The second-order valence-electron chi connectivity index (χ2n) is 12.5. The van der Waals surface area contributed by atoms with Gasteiger partial charge in [-0.15, -0.1) is 13.2 Å². The van der Waals surface area contributed by atoms with E-state index in [0.29, 0.717) is 62.3 Å². The largest absolute Gasteiger partial charge is 0.573 e. The van der Waals surface area contributed by atoms with Crippen LogP contribution in [-0.4, -0.2) is 57.8 Å². The number of amides is 1. The maximum absolute atomic E-state index is 14.2. The molecule has 13 heteroatoms. The molecule has 1 heterocycles. The molecule has 7 nitrogen and oxygen atoms in total. The number of alkyl halides is 6. The lowest BCUT2D eigenvalue weighted by Gasteiger charge is -2.28. The molecule has 0 aliphatic heterocycles. The predicted octanol–water partition coefficient (Wildman–Crippen LogP) is 7.47. The van der Waals surface area contributed by atoms with E-state index in [0.717, 1.165) is 54.0 Å². The molecular weight excluding hydrogens is 674 g/mol. The van der Waals surface area contributed by atoms with Gasteiger partial charge >= 0.3 is 12.5 Å². The van der Waals surface area contributed by atoms with Crippen LogP contribution < -0.4 is 10.3 Å². The van der Waals surface area contributed by atoms with E-state index in [9.17, 15) is 35.9 Å². The van der Waals surface area contributed by atoms with E-state index in [1.807, 2.05) is 42.7 Å². The van der Waals surface area contributed by atoms with Gasteiger partial charge < -0.3 is 19.1 Å². The number of benzene rings is 3. The first-order chi connectivity index (χ1) is 24.2. The summed E-state index contributed by atoms with van der Waals surface area (Å²) in [5.41, 5.74) is 3.31. The maximum atomic E-state index is 14.2. The standard InChI is InChI=1S/C38H40F6N4O3/c1-3-46(4-2)22-23-47(24-27-8-13-28(14-9-27)29-15-17-30(18-16-29)37(39,40)41)35(49)25-48-33-7-5-6-32(33)36(50)45-34(48)21-12-26-10-19-31(20-11-26)51-38(42,43)44/h8-11,13-20H,3-7,12,21-25H2,1-2H3. The molecule has 0 unspecified atom stereocenters. The minimum atomic E-state index is -4.80. The Morgan fingerprint density at radius 3 is 2.00 bits per heavy atom. The van der Waals surface area contributed by atoms with Crippen LogP contribution in [0.5, 0.6) is 5.75 Å². The van der Waals surface area contributed by atoms with E-state index >= 15 is 0 Å². The molecule has 0 N–H and O–H groups in total. The lowest BCUT2D eigenvalue weighted by atomic mass is 10.0. The number of fused-ring (bicyclic) bond motifs is 1. The lowest BCUT2D eigenvalue weighted by Crippen LogP contribution is -2.40. The Morgan fingerprint density at radius 2 is 1.41 bits per heavy atom. The summed E-state index contributed by atoms with van der Waals surface area (Å²) in [6.07, 6.45) is -6.57. The van der Waals surface area contributed by atoms with Gasteiger partial charge in [0.15, 0.2) is 0 Å². The number of halogens is 6. The van der Waals surface area contributed by atoms with Crippen molar-refractivity contribution in [3.05, 3.63) is 117 Å².